The summed E-state index contributed by atoms with van der Waals surface area (Å²) in [5, 5.41) is 0. The van der Waals surface area contributed by atoms with Crippen LogP contribution in [0.2, 0.25) is 0 Å². The van der Waals surface area contributed by atoms with Gasteiger partial charge in [-0.25, -0.2) is 9.37 Å². The third-order valence-corrected chi connectivity index (χ3v) is 2.52. The topological polar surface area (TPSA) is 48.1 Å². The van der Waals surface area contributed by atoms with E-state index < -0.39 is 0 Å². The number of methoxy groups -OCH3 is 1. The highest BCUT2D eigenvalue weighted by molar-refractivity contribution is 5.65. The molecule has 0 radical (unpaired) electrons. The highest BCUT2D eigenvalue weighted by atomic mass is 19.1. The smallest absolute Gasteiger partial charge is 0.213 e. The van der Waals surface area contributed by atoms with Gasteiger partial charge in [0.05, 0.1) is 7.11 Å². The summed E-state index contributed by atoms with van der Waals surface area (Å²) < 4.78 is 18.7. The first-order valence-corrected chi connectivity index (χ1v) is 5.23. The molecule has 0 spiro atoms. The summed E-state index contributed by atoms with van der Waals surface area (Å²) in [6.45, 7) is 0.384. The lowest BCUT2D eigenvalue weighted by molar-refractivity contribution is 0.398. The highest BCUT2D eigenvalue weighted by Crippen LogP contribution is 2.25. The molecule has 0 saturated carbocycles. The van der Waals surface area contributed by atoms with Crippen LogP contribution in [-0.2, 0) is 6.54 Å². The molecule has 88 valence electrons. The van der Waals surface area contributed by atoms with Crippen LogP contribution in [-0.4, -0.2) is 12.1 Å². The fourth-order valence-electron chi connectivity index (χ4n) is 1.61. The fraction of sp³-hybridized carbons (Fsp3) is 0.154. The first-order valence-electron chi connectivity index (χ1n) is 5.23. The van der Waals surface area contributed by atoms with E-state index in [0.717, 1.165) is 11.1 Å². The van der Waals surface area contributed by atoms with Crippen molar-refractivity contribution in [3.63, 3.8) is 0 Å². The number of aromatic nitrogens is 1. The SMILES string of the molecule is COc1cc(-c2cc(CN)ccc2F)ccn1. The lowest BCUT2D eigenvalue weighted by Crippen LogP contribution is -1.97. The zero-order valence-corrected chi connectivity index (χ0v) is 9.48. The molecular formula is C13H13FN2O. The van der Waals surface area contributed by atoms with Crippen LogP contribution in [0.25, 0.3) is 11.1 Å². The number of nitrogens with two attached hydrogens (primary N) is 1. The van der Waals surface area contributed by atoms with E-state index in [4.69, 9.17) is 10.5 Å². The molecule has 0 fully saturated rings. The molecule has 4 heteroatoms. The van der Waals surface area contributed by atoms with Gasteiger partial charge in [0.15, 0.2) is 0 Å². The Labute approximate surface area is 99.1 Å². The molecule has 0 saturated heterocycles. The maximum absolute atomic E-state index is 13.7. The minimum atomic E-state index is -0.282. The second-order valence-corrected chi connectivity index (χ2v) is 3.61. The third kappa shape index (κ3) is 2.42. The summed E-state index contributed by atoms with van der Waals surface area (Å²) in [5.74, 6) is 0.176. The van der Waals surface area contributed by atoms with Crippen molar-refractivity contribution in [1.82, 2.24) is 4.98 Å². The highest BCUT2D eigenvalue weighted by Gasteiger charge is 2.07. The first-order chi connectivity index (χ1) is 8.24. The summed E-state index contributed by atoms with van der Waals surface area (Å²) in [4.78, 5) is 3.99. The van der Waals surface area contributed by atoms with Crippen molar-refractivity contribution >= 4 is 0 Å². The minimum Gasteiger partial charge on any atom is -0.481 e. The Morgan fingerprint density at radius 2 is 2.12 bits per heavy atom. The van der Waals surface area contributed by atoms with Gasteiger partial charge in [0.1, 0.15) is 5.82 Å². The van der Waals surface area contributed by atoms with E-state index in [1.54, 1.807) is 30.5 Å². The van der Waals surface area contributed by atoms with Crippen molar-refractivity contribution in [2.75, 3.05) is 7.11 Å². The maximum Gasteiger partial charge on any atom is 0.213 e. The van der Waals surface area contributed by atoms with E-state index >= 15 is 0 Å². The fourth-order valence-corrected chi connectivity index (χ4v) is 1.61. The molecule has 0 bridgehead atoms. The van der Waals surface area contributed by atoms with Crippen molar-refractivity contribution in [3.8, 4) is 17.0 Å². The van der Waals surface area contributed by atoms with Crippen LogP contribution in [0, 0.1) is 5.82 Å². The summed E-state index contributed by atoms with van der Waals surface area (Å²) in [7, 11) is 1.53. The largest absolute Gasteiger partial charge is 0.481 e. The van der Waals surface area contributed by atoms with E-state index in [1.807, 2.05) is 0 Å². The van der Waals surface area contributed by atoms with Crippen LogP contribution in [0.4, 0.5) is 4.39 Å². The molecule has 17 heavy (non-hydrogen) atoms. The van der Waals surface area contributed by atoms with Gasteiger partial charge < -0.3 is 10.5 Å². The molecule has 2 N–H and O–H groups in total. The number of benzene rings is 1. The van der Waals surface area contributed by atoms with Gasteiger partial charge in [-0.3, -0.25) is 0 Å². The van der Waals surface area contributed by atoms with Crippen molar-refractivity contribution in [2.45, 2.75) is 6.54 Å². The van der Waals surface area contributed by atoms with Crippen LogP contribution >= 0.6 is 0 Å². The standard InChI is InChI=1S/C13H13FN2O/c1-17-13-7-10(4-5-16-13)11-6-9(8-15)2-3-12(11)14/h2-7H,8,15H2,1H3. The van der Waals surface area contributed by atoms with Gasteiger partial charge in [-0.1, -0.05) is 6.07 Å². The number of ether oxygens (including phenoxy) is 1. The number of hydrogen-bond acceptors (Lipinski definition) is 3. The number of halogens is 1. The van der Waals surface area contributed by atoms with Gasteiger partial charge in [-0.15, -0.1) is 0 Å². The molecule has 3 nitrogen and oxygen atoms in total. The predicted molar refractivity (Wildman–Crippen MR) is 64.1 cm³/mol. The van der Waals surface area contributed by atoms with Gasteiger partial charge in [0.25, 0.3) is 0 Å². The van der Waals surface area contributed by atoms with Crippen LogP contribution in [0.5, 0.6) is 5.88 Å². The van der Waals surface area contributed by atoms with Gasteiger partial charge in [-0.2, -0.15) is 0 Å². The third-order valence-electron chi connectivity index (χ3n) is 2.52. The Morgan fingerprint density at radius 1 is 1.29 bits per heavy atom. The Morgan fingerprint density at radius 3 is 2.82 bits per heavy atom. The van der Waals surface area contributed by atoms with E-state index in [9.17, 15) is 4.39 Å². The van der Waals surface area contributed by atoms with Gasteiger partial charge >= 0.3 is 0 Å². The van der Waals surface area contributed by atoms with Crippen LogP contribution < -0.4 is 10.5 Å². The zero-order valence-electron chi connectivity index (χ0n) is 9.48. The summed E-state index contributed by atoms with van der Waals surface area (Å²) >= 11 is 0. The van der Waals surface area contributed by atoms with Crippen LogP contribution in [0.1, 0.15) is 5.56 Å². The second kappa shape index (κ2) is 4.93. The minimum absolute atomic E-state index is 0.282. The average Bonchev–Trinajstić information content (AvgIpc) is 2.39. The molecule has 2 aromatic rings. The Kier molecular flexibility index (Phi) is 3.35. The maximum atomic E-state index is 13.7. The lowest BCUT2D eigenvalue weighted by atomic mass is 10.0. The van der Waals surface area contributed by atoms with Crippen molar-refractivity contribution in [2.24, 2.45) is 5.73 Å². The molecule has 0 amide bonds. The Bertz CT molecular complexity index is 529. The summed E-state index contributed by atoms with van der Waals surface area (Å²) in [5.41, 5.74) is 7.66. The van der Waals surface area contributed by atoms with Crippen LogP contribution in [0.15, 0.2) is 36.5 Å². The summed E-state index contributed by atoms with van der Waals surface area (Å²) in [6.07, 6.45) is 1.59. The average molecular weight is 232 g/mol. The first kappa shape index (κ1) is 11.5. The molecule has 1 heterocycles. The molecule has 1 aromatic carbocycles. The molecule has 0 aliphatic carbocycles. The normalized spacial score (nSPS) is 10.3. The molecule has 0 atom stereocenters. The van der Waals surface area contributed by atoms with E-state index in [1.165, 1.54) is 13.2 Å². The number of hydrogen-bond donors (Lipinski definition) is 1. The van der Waals surface area contributed by atoms with Crippen molar-refractivity contribution < 1.29 is 9.13 Å². The Hall–Kier alpha value is -1.94. The molecule has 2 rings (SSSR count). The Balaban J connectivity index is 2.50. The molecular weight excluding hydrogens is 219 g/mol. The molecule has 0 aliphatic heterocycles. The molecule has 0 aliphatic rings. The second-order valence-electron chi connectivity index (χ2n) is 3.61. The van der Waals surface area contributed by atoms with E-state index in [0.29, 0.717) is 18.0 Å². The zero-order chi connectivity index (χ0) is 12.3. The van der Waals surface area contributed by atoms with Gasteiger partial charge in [0.2, 0.25) is 5.88 Å². The predicted octanol–water partition coefficient (Wildman–Crippen LogP) is 2.36. The van der Waals surface area contributed by atoms with Crippen molar-refractivity contribution in [1.29, 1.82) is 0 Å². The van der Waals surface area contributed by atoms with Crippen molar-refractivity contribution in [3.05, 3.63) is 47.9 Å². The van der Waals surface area contributed by atoms with E-state index in [-0.39, 0.29) is 5.82 Å². The number of rotatable bonds is 3. The summed E-state index contributed by atoms with van der Waals surface area (Å²) in [6, 6.07) is 8.27. The monoisotopic (exact) mass is 232 g/mol. The molecule has 1 aromatic heterocycles. The molecule has 0 unspecified atom stereocenters. The van der Waals surface area contributed by atoms with Gasteiger partial charge in [-0.05, 0) is 29.3 Å². The number of nitrogens with zero attached hydrogens (tertiary/aromatic N) is 1. The van der Waals surface area contributed by atoms with Crippen LogP contribution in [0.3, 0.4) is 0 Å². The lowest BCUT2D eigenvalue weighted by Gasteiger charge is -2.07. The van der Waals surface area contributed by atoms with E-state index in [2.05, 4.69) is 4.98 Å². The van der Waals surface area contributed by atoms with Gasteiger partial charge in [0, 0.05) is 24.4 Å². The quantitative estimate of drug-likeness (QED) is 0.883. The number of pyridine rings is 1.